The van der Waals surface area contributed by atoms with Crippen LogP contribution in [-0.4, -0.2) is 58.7 Å². The topological polar surface area (TPSA) is 69.7 Å². The van der Waals surface area contributed by atoms with Gasteiger partial charge in [-0.2, -0.15) is 0 Å². The summed E-state index contributed by atoms with van der Waals surface area (Å²) in [5, 5.41) is 2.95. The molecule has 1 fully saturated rings. The minimum Gasteiger partial charge on any atom is -0.351 e. The predicted octanol–water partition coefficient (Wildman–Crippen LogP) is 1.54. The van der Waals surface area contributed by atoms with Gasteiger partial charge in [-0.25, -0.2) is 8.42 Å². The third-order valence-electron chi connectivity index (χ3n) is 3.99. The number of hydrogen-bond donors (Lipinski definition) is 1. The fourth-order valence-electron chi connectivity index (χ4n) is 3.04. The monoisotopic (exact) mass is 353 g/mol. The SMILES string of the molecule is CN(C)CC(C)(C)CNC(=O)c1ccc(N2CCCS2(=O)=O)cc1. The number of carbonyl (C=O) groups excluding carboxylic acids is 1. The molecule has 0 radical (unpaired) electrons. The molecule has 2 rings (SSSR count). The molecule has 0 bridgehead atoms. The number of anilines is 1. The second-order valence-corrected chi connectivity index (χ2v) is 9.39. The van der Waals surface area contributed by atoms with E-state index in [-0.39, 0.29) is 17.1 Å². The molecule has 1 saturated heterocycles. The Balaban J connectivity index is 1.99. The van der Waals surface area contributed by atoms with Crippen molar-refractivity contribution in [2.24, 2.45) is 5.41 Å². The lowest BCUT2D eigenvalue weighted by atomic mass is 9.93. The number of sulfonamides is 1. The van der Waals surface area contributed by atoms with Crippen molar-refractivity contribution in [1.29, 1.82) is 0 Å². The van der Waals surface area contributed by atoms with Gasteiger partial charge in [0.1, 0.15) is 0 Å². The minimum atomic E-state index is -3.19. The Hall–Kier alpha value is -1.60. The molecule has 24 heavy (non-hydrogen) atoms. The van der Waals surface area contributed by atoms with E-state index in [2.05, 4.69) is 24.1 Å². The number of benzene rings is 1. The van der Waals surface area contributed by atoms with Gasteiger partial charge in [-0.05, 0) is 50.2 Å². The molecule has 0 aliphatic carbocycles. The molecule has 0 unspecified atom stereocenters. The molecule has 1 N–H and O–H groups in total. The maximum atomic E-state index is 12.3. The standard InChI is InChI=1S/C17H27N3O3S/c1-17(2,13-19(3)4)12-18-16(21)14-6-8-15(9-7-14)20-10-5-11-24(20,22)23/h6-9H,5,10-13H2,1-4H3,(H,18,21). The van der Waals surface area contributed by atoms with Gasteiger partial charge in [0, 0.05) is 25.2 Å². The molecule has 0 atom stereocenters. The lowest BCUT2D eigenvalue weighted by Crippen LogP contribution is -2.40. The fraction of sp³-hybridized carbons (Fsp3) is 0.588. The van der Waals surface area contributed by atoms with Gasteiger partial charge in [-0.3, -0.25) is 9.10 Å². The number of nitrogens with one attached hydrogen (secondary N) is 1. The molecule has 134 valence electrons. The van der Waals surface area contributed by atoms with Crippen LogP contribution >= 0.6 is 0 Å². The van der Waals surface area contributed by atoms with Crippen LogP contribution in [0.15, 0.2) is 24.3 Å². The molecule has 1 aliphatic rings. The Morgan fingerprint density at radius 1 is 1.25 bits per heavy atom. The van der Waals surface area contributed by atoms with Gasteiger partial charge in [0.15, 0.2) is 0 Å². The molecule has 0 spiro atoms. The Labute approximate surface area is 144 Å². The number of nitrogens with zero attached hydrogens (tertiary/aromatic N) is 2. The Morgan fingerprint density at radius 3 is 2.38 bits per heavy atom. The van der Waals surface area contributed by atoms with Crippen molar-refractivity contribution in [3.63, 3.8) is 0 Å². The quantitative estimate of drug-likeness (QED) is 0.842. The lowest BCUT2D eigenvalue weighted by molar-refractivity contribution is 0.0929. The smallest absolute Gasteiger partial charge is 0.251 e. The third kappa shape index (κ3) is 4.70. The maximum absolute atomic E-state index is 12.3. The molecule has 7 heteroatoms. The predicted molar refractivity (Wildman–Crippen MR) is 96.9 cm³/mol. The number of amides is 1. The first-order valence-electron chi connectivity index (χ1n) is 8.14. The van der Waals surface area contributed by atoms with Crippen molar-refractivity contribution in [2.45, 2.75) is 20.3 Å². The highest BCUT2D eigenvalue weighted by Crippen LogP contribution is 2.24. The van der Waals surface area contributed by atoms with Crippen LogP contribution in [0.5, 0.6) is 0 Å². The molecular formula is C17H27N3O3S. The van der Waals surface area contributed by atoms with Crippen LogP contribution in [0.1, 0.15) is 30.6 Å². The second-order valence-electron chi connectivity index (χ2n) is 7.37. The molecule has 1 aromatic carbocycles. The summed E-state index contributed by atoms with van der Waals surface area (Å²) < 4.78 is 25.3. The summed E-state index contributed by atoms with van der Waals surface area (Å²) in [6.07, 6.45) is 0.644. The van der Waals surface area contributed by atoms with Gasteiger partial charge in [0.2, 0.25) is 10.0 Å². The summed E-state index contributed by atoms with van der Waals surface area (Å²) in [4.78, 5) is 14.4. The summed E-state index contributed by atoms with van der Waals surface area (Å²) >= 11 is 0. The van der Waals surface area contributed by atoms with Crippen LogP contribution < -0.4 is 9.62 Å². The van der Waals surface area contributed by atoms with E-state index in [1.807, 2.05) is 14.1 Å². The van der Waals surface area contributed by atoms with Crippen molar-refractivity contribution in [1.82, 2.24) is 10.2 Å². The normalized spacial score (nSPS) is 17.3. The van der Waals surface area contributed by atoms with E-state index in [0.717, 1.165) is 6.54 Å². The van der Waals surface area contributed by atoms with Crippen molar-refractivity contribution in [3.05, 3.63) is 29.8 Å². The van der Waals surface area contributed by atoms with Crippen LogP contribution in [0.3, 0.4) is 0 Å². The van der Waals surface area contributed by atoms with E-state index in [0.29, 0.717) is 30.8 Å². The van der Waals surface area contributed by atoms with E-state index in [4.69, 9.17) is 0 Å². The number of carbonyl (C=O) groups is 1. The second kappa shape index (κ2) is 7.11. The third-order valence-corrected chi connectivity index (χ3v) is 5.86. The first kappa shape index (κ1) is 18.7. The van der Waals surface area contributed by atoms with Gasteiger partial charge < -0.3 is 10.2 Å². The van der Waals surface area contributed by atoms with Crippen LogP contribution in [0.4, 0.5) is 5.69 Å². The van der Waals surface area contributed by atoms with Crippen LogP contribution in [0.2, 0.25) is 0 Å². The van der Waals surface area contributed by atoms with Crippen LogP contribution in [0.25, 0.3) is 0 Å². The van der Waals surface area contributed by atoms with Crippen molar-refractivity contribution in [2.75, 3.05) is 43.8 Å². The Morgan fingerprint density at radius 2 is 1.88 bits per heavy atom. The summed E-state index contributed by atoms with van der Waals surface area (Å²) in [7, 11) is 0.831. The van der Waals surface area contributed by atoms with Crippen LogP contribution in [-0.2, 0) is 10.0 Å². The Kier molecular flexibility index (Phi) is 5.55. The molecule has 1 aliphatic heterocycles. The molecule has 0 aromatic heterocycles. The van der Waals surface area contributed by atoms with E-state index in [1.54, 1.807) is 24.3 Å². The zero-order valence-electron chi connectivity index (χ0n) is 14.9. The average Bonchev–Trinajstić information content (AvgIpc) is 2.83. The molecule has 1 heterocycles. The summed E-state index contributed by atoms with van der Waals surface area (Å²) in [5.74, 6) is 0.0496. The maximum Gasteiger partial charge on any atom is 0.251 e. The van der Waals surface area contributed by atoms with Gasteiger partial charge >= 0.3 is 0 Å². The lowest BCUT2D eigenvalue weighted by Gasteiger charge is -2.28. The Bertz CT molecular complexity index is 682. The van der Waals surface area contributed by atoms with Gasteiger partial charge in [-0.15, -0.1) is 0 Å². The highest BCUT2D eigenvalue weighted by molar-refractivity contribution is 7.93. The van der Waals surface area contributed by atoms with Gasteiger partial charge in [0.25, 0.3) is 5.91 Å². The minimum absolute atomic E-state index is 0.0251. The zero-order valence-corrected chi connectivity index (χ0v) is 15.7. The van der Waals surface area contributed by atoms with E-state index in [9.17, 15) is 13.2 Å². The van der Waals surface area contributed by atoms with Gasteiger partial charge in [0.05, 0.1) is 11.4 Å². The van der Waals surface area contributed by atoms with Crippen molar-refractivity contribution in [3.8, 4) is 0 Å². The zero-order chi connectivity index (χ0) is 18.0. The summed E-state index contributed by atoms with van der Waals surface area (Å²) in [6, 6.07) is 6.75. The van der Waals surface area contributed by atoms with Gasteiger partial charge in [-0.1, -0.05) is 13.8 Å². The number of rotatable bonds is 6. The summed E-state index contributed by atoms with van der Waals surface area (Å²) in [5.41, 5.74) is 1.14. The van der Waals surface area contributed by atoms with Crippen molar-refractivity contribution >= 4 is 21.6 Å². The first-order chi connectivity index (χ1) is 11.1. The average molecular weight is 353 g/mol. The highest BCUT2D eigenvalue weighted by Gasteiger charge is 2.28. The summed E-state index contributed by atoms with van der Waals surface area (Å²) in [6.45, 7) is 6.17. The van der Waals surface area contributed by atoms with Crippen LogP contribution in [0, 0.1) is 5.41 Å². The molecule has 1 amide bonds. The van der Waals surface area contributed by atoms with E-state index < -0.39 is 10.0 Å². The molecular weight excluding hydrogens is 326 g/mol. The molecule has 0 saturated carbocycles. The van der Waals surface area contributed by atoms with E-state index in [1.165, 1.54) is 4.31 Å². The highest BCUT2D eigenvalue weighted by atomic mass is 32.2. The molecule has 1 aromatic rings. The van der Waals surface area contributed by atoms with Crippen molar-refractivity contribution < 1.29 is 13.2 Å². The van der Waals surface area contributed by atoms with E-state index >= 15 is 0 Å². The molecule has 6 nitrogen and oxygen atoms in total. The largest absolute Gasteiger partial charge is 0.351 e. The number of hydrogen-bond acceptors (Lipinski definition) is 4. The fourth-order valence-corrected chi connectivity index (χ4v) is 4.61. The first-order valence-corrected chi connectivity index (χ1v) is 9.75.